The number of hydrogen-bond donors (Lipinski definition) is 11. The number of fused-ring (bicyclic) bond motifs is 2. The lowest BCUT2D eigenvalue weighted by Gasteiger charge is -2.59. The second kappa shape index (κ2) is 39.8. The molecule has 4 saturated carbocycles. The summed E-state index contributed by atoms with van der Waals surface area (Å²) < 4.78 is 135. The van der Waals surface area contributed by atoms with Gasteiger partial charge in [0.2, 0.25) is 40.1 Å². The number of alkyl halides is 3. The van der Waals surface area contributed by atoms with E-state index < -0.39 is 69.4 Å². The molecule has 8 aromatic rings. The number of ether oxygens (including phenoxy) is 2. The van der Waals surface area contributed by atoms with Crippen molar-refractivity contribution < 1.29 is 90.5 Å². The fraction of sp³-hybridized carbons (Fsp3) is 0.487. The third-order valence-corrected chi connectivity index (χ3v) is 26.1. The van der Waals surface area contributed by atoms with Gasteiger partial charge in [-0.2, -0.15) is 23.4 Å². The molecular formula is C80H106Cl3F3N18O17S4. The molecule has 4 aromatic carbocycles. The Morgan fingerprint density at radius 3 is 1.11 bits per heavy atom. The number of Topliss-reactive ketones (excluding diaryl/α,β-unsaturated/α-hetero) is 1. The molecule has 8 fully saturated rings. The first-order valence-electron chi connectivity index (χ1n) is 39.3. The van der Waals surface area contributed by atoms with Crippen LogP contribution in [-0.2, 0) is 90.1 Å². The number of halogens is 6. The molecule has 0 bridgehead atoms. The first-order valence-corrected chi connectivity index (χ1v) is 46.6. The molecule has 16 rings (SSSR count). The molecule has 2 amide bonds. The molecule has 0 unspecified atom stereocenters. The molecule has 684 valence electrons. The number of carboxylic acids is 2. The van der Waals surface area contributed by atoms with Crippen LogP contribution in [0.1, 0.15) is 133 Å². The fourth-order valence-corrected chi connectivity index (χ4v) is 18.5. The number of carbonyl (C=O) groups is 5. The van der Waals surface area contributed by atoms with Gasteiger partial charge in [0.05, 0.1) is 19.6 Å². The Balaban J connectivity index is 0.000000170. The van der Waals surface area contributed by atoms with E-state index in [0.717, 1.165) is 129 Å². The molecule has 0 atom stereocenters. The summed E-state index contributed by atoms with van der Waals surface area (Å²) in [6.45, 7) is 26.0. The number of primary sulfonamides is 4. The van der Waals surface area contributed by atoms with Crippen LogP contribution in [0.2, 0.25) is 15.5 Å². The number of nitrogens with zero attached hydrogens (tertiary/aromatic N) is 9. The highest BCUT2D eigenvalue weighted by Gasteiger charge is 2.56. The third-order valence-electron chi connectivity index (χ3n) is 21.6. The third kappa shape index (κ3) is 27.8. The van der Waals surface area contributed by atoms with Crippen LogP contribution >= 0.6 is 34.8 Å². The van der Waals surface area contributed by atoms with E-state index in [2.05, 4.69) is 46.3 Å². The van der Waals surface area contributed by atoms with Gasteiger partial charge in [0.15, 0.2) is 11.0 Å². The number of carboxylic acid groups (broad SMARTS) is 2. The quantitative estimate of drug-likeness (QED) is 0.0457. The number of ketones is 1. The van der Waals surface area contributed by atoms with Crippen molar-refractivity contribution in [1.29, 1.82) is 0 Å². The summed E-state index contributed by atoms with van der Waals surface area (Å²) in [4.78, 5) is 67.0. The van der Waals surface area contributed by atoms with Crippen molar-refractivity contribution >= 4 is 122 Å². The van der Waals surface area contributed by atoms with E-state index in [0.29, 0.717) is 95.8 Å². The van der Waals surface area contributed by atoms with Crippen molar-refractivity contribution in [2.75, 3.05) is 57.3 Å². The predicted octanol–water partition coefficient (Wildman–Crippen LogP) is 8.54. The van der Waals surface area contributed by atoms with Gasteiger partial charge in [-0.25, -0.2) is 87.6 Å². The highest BCUT2D eigenvalue weighted by atomic mass is 35.5. The average molecular weight is 1880 g/mol. The van der Waals surface area contributed by atoms with Crippen molar-refractivity contribution in [3.05, 3.63) is 171 Å². The fourth-order valence-electron chi connectivity index (χ4n) is 15.6. The number of nitrogens with one attached hydrogen (secondary N) is 4. The number of benzene rings is 4. The summed E-state index contributed by atoms with van der Waals surface area (Å²) >= 11 is 18.0. The first kappa shape index (κ1) is 99.9. The van der Waals surface area contributed by atoms with Gasteiger partial charge in [-0.1, -0.05) is 83.3 Å². The van der Waals surface area contributed by atoms with E-state index in [1.807, 2.05) is 73.6 Å². The van der Waals surface area contributed by atoms with Crippen molar-refractivity contribution in [1.82, 2.24) is 60.3 Å². The van der Waals surface area contributed by atoms with Crippen molar-refractivity contribution in [3.63, 3.8) is 0 Å². The minimum Gasteiger partial charge on any atom is -0.481 e. The summed E-state index contributed by atoms with van der Waals surface area (Å²) in [7, 11) is -14.4. The molecule has 45 heteroatoms. The molecule has 4 aromatic heterocycles. The summed E-state index contributed by atoms with van der Waals surface area (Å²) in [5.74, 6) is -2.32. The van der Waals surface area contributed by atoms with E-state index in [-0.39, 0.29) is 42.6 Å². The van der Waals surface area contributed by atoms with Gasteiger partial charge in [0.1, 0.15) is 51.0 Å². The molecule has 4 spiro atoms. The molecule has 16 N–H and O–H groups in total. The first-order chi connectivity index (χ1) is 57.9. The van der Waals surface area contributed by atoms with Crippen LogP contribution in [0.4, 0.5) is 28.6 Å². The van der Waals surface area contributed by atoms with Crippen LogP contribution < -0.4 is 52.5 Å². The topological polar surface area (TPSA) is 529 Å². The molecule has 4 saturated heterocycles. The number of nitrogens with two attached hydrogens (primary N) is 5. The van der Waals surface area contributed by atoms with E-state index in [1.54, 1.807) is 91.9 Å². The van der Waals surface area contributed by atoms with Gasteiger partial charge < -0.3 is 61.4 Å². The molecular weight excluding hydrogens is 1780 g/mol. The van der Waals surface area contributed by atoms with Gasteiger partial charge >= 0.3 is 24.3 Å². The monoisotopic (exact) mass is 1880 g/mol. The van der Waals surface area contributed by atoms with Crippen LogP contribution in [0.25, 0.3) is 11.0 Å². The van der Waals surface area contributed by atoms with Gasteiger partial charge in [-0.3, -0.25) is 9.59 Å². The Morgan fingerprint density at radius 1 is 0.512 bits per heavy atom. The number of likely N-dealkylation sites (tertiary alicyclic amines) is 2. The number of rotatable bonds is 15. The van der Waals surface area contributed by atoms with Gasteiger partial charge in [0.25, 0.3) is 5.97 Å². The lowest BCUT2D eigenvalue weighted by molar-refractivity contribution is -0.192. The molecule has 8 aliphatic rings. The maximum absolute atomic E-state index is 12.0. The highest BCUT2D eigenvalue weighted by molar-refractivity contribution is 7.90. The normalized spacial score (nSPS) is 18.1. The largest absolute Gasteiger partial charge is 0.490 e. The molecule has 4 aliphatic heterocycles. The average Bonchev–Trinajstić information content (AvgIpc) is 1.70. The summed E-state index contributed by atoms with van der Waals surface area (Å²) in [5.41, 5.74) is 13.6. The summed E-state index contributed by atoms with van der Waals surface area (Å²) in [5, 5.41) is 58.4. The zero-order valence-electron chi connectivity index (χ0n) is 70.3. The molecule has 35 nitrogen and oxygen atoms in total. The summed E-state index contributed by atoms with van der Waals surface area (Å²) in [6.07, 6.45) is 5.49. The van der Waals surface area contributed by atoms with Crippen molar-refractivity contribution in [2.45, 2.75) is 195 Å². The Labute approximate surface area is 738 Å². The predicted molar refractivity (Wildman–Crippen MR) is 461 cm³/mol. The lowest BCUT2D eigenvalue weighted by Crippen LogP contribution is -2.67. The standard InChI is InChI=1S/C20H23ClN6O2S.C18H27N3O4S.C13H19N3O2S.C11H17NO3.C7H5Cl2N3.C7H10N2O2S.C2HF3O2.C2H4O2/c1-13-6-17(21)27-18(13)19(24-12-25-27)26-10-20(11-26)7-15(8-20)23-9-14-2-4-16(5-3-14)30(22,28)29;1-17(2,3)25-16(22)21-11-18(12-21)8-14(9-18)20-10-13-4-6-15(7-5-13)26(19,23)24;14-19(17,18)12-3-1-10(2-4-12)7-16-11-5-13(6-11)8-15-9-13;1-10(2,3)15-9(14)12-6-11(7-12)4-8(13)5-11;1-4-2-5(8)12-6(4)7(9)10-3-11-12;8-5-6-1-3-7(4-2-6)12(9,10)11;3-2(4,5)1(6)7;1-2(3)4/h2-6,12,15,23H,7-11H2,1H3,(H2,22,28,29);4-7,14,20H,8-12H2,1-3H3,(H2,19,23,24);1-4,11,15-16H,5-9H2,(H2,14,17,18);4-7H2,1-3H3;2-3H,1H3;1-4H,5,8H2,(H2,9,10,11);(H,6,7);1H3,(H,3,4). The van der Waals surface area contributed by atoms with E-state index in [9.17, 15) is 61.2 Å². The summed E-state index contributed by atoms with van der Waals surface area (Å²) in [6, 6.07) is 31.4. The highest BCUT2D eigenvalue weighted by Crippen LogP contribution is 2.52. The van der Waals surface area contributed by atoms with Gasteiger partial charge in [0, 0.05) is 133 Å². The molecule has 4 aliphatic carbocycles. The molecule has 8 heterocycles. The minimum absolute atomic E-state index is 0.111. The molecule has 0 radical (unpaired) electrons. The number of aromatic nitrogens is 6. The zero-order valence-corrected chi connectivity index (χ0v) is 75.8. The van der Waals surface area contributed by atoms with Crippen LogP contribution in [0.5, 0.6) is 0 Å². The maximum atomic E-state index is 12.0. The second-order valence-corrected chi connectivity index (χ2v) is 42.1. The van der Waals surface area contributed by atoms with Crippen LogP contribution in [0, 0.1) is 35.5 Å². The van der Waals surface area contributed by atoms with E-state index in [1.165, 1.54) is 43.4 Å². The van der Waals surface area contributed by atoms with Crippen molar-refractivity contribution in [3.8, 4) is 0 Å². The van der Waals surface area contributed by atoms with Gasteiger partial charge in [-0.05, 0) is 193 Å². The Kier molecular flexibility index (Phi) is 31.8. The number of anilines is 1. The Morgan fingerprint density at radius 2 is 0.816 bits per heavy atom. The van der Waals surface area contributed by atoms with E-state index in [4.69, 9.17) is 90.4 Å². The Hall–Kier alpha value is -8.83. The number of hydrogen-bond acceptors (Lipinski definition) is 25. The second-order valence-electron chi connectivity index (χ2n) is 34.7. The van der Waals surface area contributed by atoms with Crippen LogP contribution in [-0.4, -0.2) is 201 Å². The number of aryl methyl sites for hydroxylation is 2. The minimum atomic E-state index is -5.08. The van der Waals surface area contributed by atoms with Crippen molar-refractivity contribution in [2.24, 2.45) is 47.9 Å². The smallest absolute Gasteiger partial charge is 0.481 e. The van der Waals surface area contributed by atoms with E-state index >= 15 is 0 Å². The number of amides is 2. The lowest BCUT2D eigenvalue weighted by atomic mass is 9.60. The number of carbonyl (C=O) groups excluding carboxylic acids is 3. The van der Waals surface area contributed by atoms with Crippen LogP contribution in [0.3, 0.4) is 0 Å². The maximum Gasteiger partial charge on any atom is 0.490 e. The van der Waals surface area contributed by atoms with Gasteiger partial charge in [-0.15, -0.1) is 0 Å². The van der Waals surface area contributed by atoms with Crippen LogP contribution in [0.15, 0.2) is 141 Å². The molecule has 125 heavy (non-hydrogen) atoms. The number of aliphatic carboxylic acids is 2. The SMILES string of the molecule is CC(=O)O.CC(C)(C)OC(=O)N1CC2(CC(=O)C2)C1.CC(C)(C)OC(=O)N1CC2(CC(NCc3ccc(S(N)(=O)=O)cc3)C2)C1.Cc1cc(Cl)n2ncnc(Cl)c12.Cc1cc(Cl)n2ncnc(N3CC4(CC(NCc5ccc(S(N)(=O)=O)cc5)C4)C3)c12.NCc1ccc(S(N)(=O)=O)cc1.NS(=O)(=O)c1ccc(CNC2CC3(CNC3)C2)cc1.O=C(O)C(F)(F)F. The number of sulfonamides is 4. The zero-order chi connectivity index (χ0) is 92.6. The Bertz CT molecular complexity index is 5640.